The fourth-order valence-corrected chi connectivity index (χ4v) is 2.83. The topological polar surface area (TPSA) is 38.9 Å². The van der Waals surface area contributed by atoms with Crippen molar-refractivity contribution in [2.24, 2.45) is 5.73 Å². The Morgan fingerprint density at radius 3 is 2.82 bits per heavy atom. The van der Waals surface area contributed by atoms with E-state index in [1.54, 1.807) is 17.6 Å². The van der Waals surface area contributed by atoms with Crippen LogP contribution >= 0.6 is 38.9 Å². The number of nitrogens with zero attached hydrogens (tertiary/aromatic N) is 1. The summed E-state index contributed by atoms with van der Waals surface area (Å²) in [5.41, 5.74) is 8.94. The highest BCUT2D eigenvalue weighted by atomic mass is 79.9. The van der Waals surface area contributed by atoms with Gasteiger partial charge in [-0.3, -0.25) is 0 Å². The Balaban J connectivity index is 2.48. The van der Waals surface area contributed by atoms with Gasteiger partial charge in [0.2, 0.25) is 0 Å². The van der Waals surface area contributed by atoms with Crippen molar-refractivity contribution in [3.63, 3.8) is 0 Å². The predicted octanol–water partition coefficient (Wildman–Crippen LogP) is 4.05. The highest BCUT2D eigenvalue weighted by Crippen LogP contribution is 2.33. The molecule has 0 saturated carbocycles. The Hall–Kier alpha value is -0.490. The molecule has 0 saturated heterocycles. The quantitative estimate of drug-likeness (QED) is 0.841. The van der Waals surface area contributed by atoms with E-state index in [1.165, 1.54) is 11.3 Å². The van der Waals surface area contributed by atoms with Gasteiger partial charge in [0, 0.05) is 14.9 Å². The van der Waals surface area contributed by atoms with Crippen molar-refractivity contribution in [3.05, 3.63) is 49.1 Å². The van der Waals surface area contributed by atoms with Crippen molar-refractivity contribution in [3.8, 4) is 0 Å². The van der Waals surface area contributed by atoms with Crippen LogP contribution in [0, 0.1) is 12.7 Å². The van der Waals surface area contributed by atoms with Gasteiger partial charge in [0.05, 0.1) is 22.3 Å². The molecular formula is C11H9BrClFN2S. The van der Waals surface area contributed by atoms with Crippen molar-refractivity contribution in [1.29, 1.82) is 0 Å². The monoisotopic (exact) mass is 334 g/mol. The maximum absolute atomic E-state index is 14.0. The average molecular weight is 336 g/mol. The van der Waals surface area contributed by atoms with Crippen LogP contribution in [0.1, 0.15) is 22.2 Å². The summed E-state index contributed by atoms with van der Waals surface area (Å²) >= 11 is 10.4. The number of halogens is 3. The Morgan fingerprint density at radius 2 is 2.24 bits per heavy atom. The van der Waals surface area contributed by atoms with E-state index in [-0.39, 0.29) is 5.02 Å². The molecule has 1 unspecified atom stereocenters. The fourth-order valence-electron chi connectivity index (χ4n) is 1.53. The van der Waals surface area contributed by atoms with Gasteiger partial charge >= 0.3 is 0 Å². The van der Waals surface area contributed by atoms with E-state index in [2.05, 4.69) is 20.9 Å². The standard InChI is InChI=1S/C11H9BrClFN2S/c1-5-11(17-4-16-5)10(15)6-2-3-7(12)8(13)9(6)14/h2-4,10H,15H2,1H3. The van der Waals surface area contributed by atoms with Crippen LogP contribution in [0.2, 0.25) is 5.02 Å². The summed E-state index contributed by atoms with van der Waals surface area (Å²) in [6.45, 7) is 1.85. The SMILES string of the molecule is Cc1ncsc1C(N)c1ccc(Br)c(Cl)c1F. The molecule has 0 amide bonds. The molecule has 1 aromatic heterocycles. The van der Waals surface area contributed by atoms with Gasteiger partial charge in [-0.15, -0.1) is 11.3 Å². The summed E-state index contributed by atoms with van der Waals surface area (Å²) in [6, 6.07) is 2.79. The van der Waals surface area contributed by atoms with E-state index in [0.717, 1.165) is 10.6 Å². The number of hydrogen-bond acceptors (Lipinski definition) is 3. The smallest absolute Gasteiger partial charge is 0.148 e. The normalized spacial score (nSPS) is 12.8. The van der Waals surface area contributed by atoms with E-state index in [9.17, 15) is 4.39 Å². The lowest BCUT2D eigenvalue weighted by Crippen LogP contribution is -2.13. The van der Waals surface area contributed by atoms with Gasteiger partial charge in [0.1, 0.15) is 5.82 Å². The Morgan fingerprint density at radius 1 is 1.53 bits per heavy atom. The minimum Gasteiger partial charge on any atom is -0.319 e. The van der Waals surface area contributed by atoms with Gasteiger partial charge in [0.25, 0.3) is 0 Å². The van der Waals surface area contributed by atoms with Gasteiger partial charge in [-0.25, -0.2) is 9.37 Å². The maximum Gasteiger partial charge on any atom is 0.148 e. The molecular weight excluding hydrogens is 327 g/mol. The first-order chi connectivity index (χ1) is 8.02. The highest BCUT2D eigenvalue weighted by Gasteiger charge is 2.20. The summed E-state index contributed by atoms with van der Waals surface area (Å²) in [5, 5.41) is 0.0557. The van der Waals surface area contributed by atoms with Gasteiger partial charge < -0.3 is 5.73 Å². The first-order valence-corrected chi connectivity index (χ1v) is 6.86. The van der Waals surface area contributed by atoms with E-state index in [1.807, 2.05) is 6.92 Å². The first-order valence-electron chi connectivity index (χ1n) is 4.81. The molecule has 0 fully saturated rings. The lowest BCUT2D eigenvalue weighted by Gasteiger charge is -2.13. The number of aromatic nitrogens is 1. The number of hydrogen-bond donors (Lipinski definition) is 1. The lowest BCUT2D eigenvalue weighted by molar-refractivity contribution is 0.600. The zero-order valence-electron chi connectivity index (χ0n) is 8.88. The highest BCUT2D eigenvalue weighted by molar-refractivity contribution is 9.10. The van der Waals surface area contributed by atoms with Crippen LogP contribution in [0.4, 0.5) is 4.39 Å². The number of nitrogens with two attached hydrogens (primary N) is 1. The Bertz CT molecular complexity index is 558. The van der Waals surface area contributed by atoms with Crippen molar-refractivity contribution in [1.82, 2.24) is 4.98 Å². The number of thiazole rings is 1. The summed E-state index contributed by atoms with van der Waals surface area (Å²) in [6.07, 6.45) is 0. The molecule has 90 valence electrons. The zero-order valence-corrected chi connectivity index (χ0v) is 12.0. The van der Waals surface area contributed by atoms with E-state index in [4.69, 9.17) is 17.3 Å². The molecule has 0 bridgehead atoms. The molecule has 2 N–H and O–H groups in total. The summed E-state index contributed by atoms with van der Waals surface area (Å²) in [5.74, 6) is -0.485. The summed E-state index contributed by atoms with van der Waals surface area (Å²) in [7, 11) is 0. The van der Waals surface area contributed by atoms with Gasteiger partial charge in [0.15, 0.2) is 0 Å². The van der Waals surface area contributed by atoms with Crippen LogP contribution in [-0.2, 0) is 0 Å². The minimum atomic E-state index is -0.534. The third kappa shape index (κ3) is 2.38. The third-order valence-electron chi connectivity index (χ3n) is 2.47. The second-order valence-corrected chi connectivity index (χ2v) is 5.66. The molecule has 0 radical (unpaired) electrons. The van der Waals surface area contributed by atoms with E-state index in [0.29, 0.717) is 10.0 Å². The van der Waals surface area contributed by atoms with Crippen molar-refractivity contribution in [2.45, 2.75) is 13.0 Å². The van der Waals surface area contributed by atoms with Crippen LogP contribution in [0.5, 0.6) is 0 Å². The van der Waals surface area contributed by atoms with Crippen molar-refractivity contribution in [2.75, 3.05) is 0 Å². The second-order valence-electron chi connectivity index (χ2n) is 3.54. The molecule has 0 aliphatic heterocycles. The predicted molar refractivity (Wildman–Crippen MR) is 72.0 cm³/mol. The van der Waals surface area contributed by atoms with Gasteiger partial charge in [-0.05, 0) is 28.9 Å². The molecule has 2 rings (SSSR count). The maximum atomic E-state index is 14.0. The summed E-state index contributed by atoms with van der Waals surface area (Å²) < 4.78 is 14.5. The number of rotatable bonds is 2. The molecule has 1 aromatic carbocycles. The number of aryl methyl sites for hydroxylation is 1. The van der Waals surface area contributed by atoms with Gasteiger partial charge in [-0.2, -0.15) is 0 Å². The number of benzene rings is 1. The molecule has 1 atom stereocenters. The molecule has 0 aliphatic rings. The van der Waals surface area contributed by atoms with Crippen LogP contribution < -0.4 is 5.73 Å². The lowest BCUT2D eigenvalue weighted by atomic mass is 10.0. The molecule has 2 nitrogen and oxygen atoms in total. The largest absolute Gasteiger partial charge is 0.319 e. The minimum absolute atomic E-state index is 0.0557. The Labute approximate surface area is 116 Å². The van der Waals surface area contributed by atoms with Crippen LogP contribution in [0.3, 0.4) is 0 Å². The van der Waals surface area contributed by atoms with Crippen LogP contribution in [-0.4, -0.2) is 4.98 Å². The fraction of sp³-hybridized carbons (Fsp3) is 0.182. The van der Waals surface area contributed by atoms with Crippen LogP contribution in [0.25, 0.3) is 0 Å². The van der Waals surface area contributed by atoms with Crippen molar-refractivity contribution < 1.29 is 4.39 Å². The summed E-state index contributed by atoms with van der Waals surface area (Å²) in [4.78, 5) is 4.96. The molecule has 6 heteroatoms. The van der Waals surface area contributed by atoms with E-state index < -0.39 is 11.9 Å². The van der Waals surface area contributed by atoms with Crippen molar-refractivity contribution >= 4 is 38.9 Å². The molecule has 0 aliphatic carbocycles. The first kappa shape index (κ1) is 13.0. The van der Waals surface area contributed by atoms with Gasteiger partial charge in [-0.1, -0.05) is 17.7 Å². The third-order valence-corrected chi connectivity index (χ3v) is 4.74. The molecule has 17 heavy (non-hydrogen) atoms. The molecule has 1 heterocycles. The molecule has 2 aromatic rings. The Kier molecular flexibility index (Phi) is 3.82. The average Bonchev–Trinajstić information content (AvgIpc) is 2.72. The second kappa shape index (κ2) is 5.02. The zero-order chi connectivity index (χ0) is 12.6. The van der Waals surface area contributed by atoms with E-state index >= 15 is 0 Å². The molecule has 0 spiro atoms. The van der Waals surface area contributed by atoms with Crippen LogP contribution in [0.15, 0.2) is 22.1 Å².